The monoisotopic (exact) mass is 1150 g/mol. The Balaban J connectivity index is 1.78. The van der Waals surface area contributed by atoms with Crippen LogP contribution in [0.3, 0.4) is 0 Å². The van der Waals surface area contributed by atoms with E-state index in [1.807, 2.05) is 13.8 Å². The molecule has 0 aromatic heterocycles. The van der Waals surface area contributed by atoms with Crippen LogP contribution < -0.4 is 65.9 Å². The summed E-state index contributed by atoms with van der Waals surface area (Å²) in [7, 11) is 0. The highest BCUT2D eigenvalue weighted by molar-refractivity contribution is 5.97. The number of rotatable bonds is 22. The minimum atomic E-state index is -1.39. The molecule has 0 aliphatic carbocycles. The van der Waals surface area contributed by atoms with E-state index in [0.29, 0.717) is 48.9 Å². The maximum Gasteiger partial charge on any atom is 0.245 e. The van der Waals surface area contributed by atoms with Crippen LogP contribution in [0, 0.1) is 5.92 Å². The molecule has 0 spiro atoms. The number of phenols is 1. The maximum absolute atomic E-state index is 15.3. The van der Waals surface area contributed by atoms with Crippen molar-refractivity contribution in [2.24, 2.45) is 44.6 Å². The molecule has 0 bridgehead atoms. The highest BCUT2D eigenvalue weighted by Gasteiger charge is 2.35. The number of amides is 9. The van der Waals surface area contributed by atoms with Crippen molar-refractivity contribution >= 4 is 65.1 Å². The van der Waals surface area contributed by atoms with Gasteiger partial charge in [0.25, 0.3) is 0 Å². The quantitative estimate of drug-likeness (QED) is 0.0348. The number of phenolic OH excluding ortho intramolecular Hbond substituents is 1. The fourth-order valence-electron chi connectivity index (χ4n) is 9.21. The predicted molar refractivity (Wildman–Crippen MR) is 314 cm³/mol. The molecule has 1 aliphatic rings. The molecule has 25 nitrogen and oxygen atoms in total. The molecule has 83 heavy (non-hydrogen) atoms. The summed E-state index contributed by atoms with van der Waals surface area (Å²) in [5.41, 5.74) is 29.6. The van der Waals surface area contributed by atoms with Gasteiger partial charge in [-0.3, -0.25) is 53.1 Å². The first-order valence-corrected chi connectivity index (χ1v) is 28.3. The van der Waals surface area contributed by atoms with Crippen molar-refractivity contribution in [3.05, 3.63) is 102 Å². The van der Waals surface area contributed by atoms with Gasteiger partial charge in [0.15, 0.2) is 11.9 Å². The van der Waals surface area contributed by atoms with Gasteiger partial charge in [-0.15, -0.1) is 0 Å². The average molecular weight is 1150 g/mol. The Labute approximate surface area is 484 Å². The molecular formula is C58H85N15O10. The van der Waals surface area contributed by atoms with Gasteiger partial charge in [-0.05, 0) is 86.1 Å². The number of primary amides is 1. The van der Waals surface area contributed by atoms with Crippen LogP contribution in [0.25, 0.3) is 0 Å². The summed E-state index contributed by atoms with van der Waals surface area (Å²) in [4.78, 5) is 136. The predicted octanol–water partition coefficient (Wildman–Crippen LogP) is -0.343. The van der Waals surface area contributed by atoms with E-state index >= 15 is 9.59 Å². The lowest BCUT2D eigenvalue weighted by Crippen LogP contribution is -2.60. The van der Waals surface area contributed by atoms with Crippen molar-refractivity contribution in [2.45, 2.75) is 146 Å². The number of hydrogen-bond donors (Lipinski definition) is 13. The molecule has 0 saturated carbocycles. The average Bonchev–Trinajstić information content (AvgIpc) is 3.62. The standard InChI is InChI=1S/C58H85N15O10/c1-37(2)32-44(51(59)78)69-52(79)43(21-15-30-66-58(62)63)68-50(77)36-73-31-12-4-3-11-28-64-48(75)22-13-23-49(76)67-42(20-14-29-65-57(60)61)53(80)70-46(34-40-24-26-41(74)27-25-40)54(81)71-45(33-38-16-7-5-8-17-38)55(82)72-47(56(73)83)35-39-18-9-6-10-19-39/h5-10,16-19,24-27,37,42-47,74H,3-4,11-15,20-23,28-36H2,1-2H3,(H2,59,78)(H,64,75)(H,67,76)(H,68,77)(H,69,79)(H,70,80)(H,71,81)(H,72,82)(H4,60,61,65)(H4,62,63,66)/t42-,43-,44-,45-,46-,47+/m0/s1. The largest absolute Gasteiger partial charge is 0.508 e. The Hall–Kier alpha value is -8.77. The Morgan fingerprint density at radius 1 is 0.602 bits per heavy atom. The van der Waals surface area contributed by atoms with Gasteiger partial charge in [-0.1, -0.05) is 99.5 Å². The number of nitrogens with one attached hydrogen (secondary N) is 7. The first-order chi connectivity index (χ1) is 39.7. The summed E-state index contributed by atoms with van der Waals surface area (Å²) >= 11 is 0. The molecule has 6 atom stereocenters. The summed E-state index contributed by atoms with van der Waals surface area (Å²) in [5, 5.41) is 29.6. The highest BCUT2D eigenvalue weighted by Crippen LogP contribution is 2.16. The van der Waals surface area contributed by atoms with Crippen LogP contribution in [0.4, 0.5) is 0 Å². The van der Waals surface area contributed by atoms with Crippen molar-refractivity contribution in [1.82, 2.24) is 42.1 Å². The lowest BCUT2D eigenvalue weighted by atomic mass is 10.00. The minimum absolute atomic E-state index is 0.0133. The molecule has 1 aliphatic heterocycles. The maximum atomic E-state index is 15.3. The van der Waals surface area contributed by atoms with E-state index in [4.69, 9.17) is 28.7 Å². The third-order valence-corrected chi connectivity index (χ3v) is 13.5. The number of hydrogen-bond acceptors (Lipinski definition) is 12. The number of carbonyl (C=O) groups is 9. The van der Waals surface area contributed by atoms with E-state index in [2.05, 4.69) is 47.2 Å². The van der Waals surface area contributed by atoms with Crippen molar-refractivity contribution in [3.8, 4) is 5.75 Å². The molecule has 4 rings (SSSR count). The van der Waals surface area contributed by atoms with Crippen LogP contribution >= 0.6 is 0 Å². The van der Waals surface area contributed by atoms with Crippen molar-refractivity contribution < 1.29 is 48.3 Å². The molecule has 0 radical (unpaired) electrons. The molecule has 3 aromatic carbocycles. The van der Waals surface area contributed by atoms with Crippen LogP contribution in [-0.4, -0.2) is 144 Å². The zero-order chi connectivity index (χ0) is 60.7. The Morgan fingerprint density at radius 3 is 1.69 bits per heavy atom. The van der Waals surface area contributed by atoms with E-state index < -0.39 is 90.1 Å². The number of benzene rings is 3. The van der Waals surface area contributed by atoms with E-state index in [1.54, 1.807) is 72.8 Å². The van der Waals surface area contributed by atoms with Gasteiger partial charge in [-0.25, -0.2) is 0 Å². The van der Waals surface area contributed by atoms with Crippen LogP contribution in [0.1, 0.15) is 108 Å². The topological polar surface area (TPSA) is 416 Å². The molecule has 3 aromatic rings. The lowest BCUT2D eigenvalue weighted by Gasteiger charge is -2.30. The zero-order valence-electron chi connectivity index (χ0n) is 47.6. The summed E-state index contributed by atoms with van der Waals surface area (Å²) in [5.74, 6) is -6.41. The Kier molecular flexibility index (Phi) is 28.8. The lowest BCUT2D eigenvalue weighted by molar-refractivity contribution is -0.140. The SMILES string of the molecule is CC(C)C[C@H](NC(=O)[C@H](CCCN=C(N)N)NC(=O)CN1CCCCCCNC(=O)CCCC(=O)N[C@@H](CCCN=C(N)N)C(=O)N[C@@H](Cc2ccc(O)cc2)C(=O)N[C@@H](Cc2ccccc2)C(=O)N[C@H](Cc2ccccc2)C1=O)C(N)=O. The van der Waals surface area contributed by atoms with E-state index in [9.17, 15) is 38.7 Å². The van der Waals surface area contributed by atoms with Gasteiger partial charge in [-0.2, -0.15) is 0 Å². The number of nitrogens with two attached hydrogens (primary N) is 5. The molecule has 9 amide bonds. The highest BCUT2D eigenvalue weighted by atomic mass is 16.3. The third kappa shape index (κ3) is 26.1. The molecule has 1 fully saturated rings. The molecule has 25 heteroatoms. The van der Waals surface area contributed by atoms with Gasteiger partial charge >= 0.3 is 0 Å². The normalized spacial score (nSPS) is 19.1. The van der Waals surface area contributed by atoms with Crippen molar-refractivity contribution in [3.63, 3.8) is 0 Å². The third-order valence-electron chi connectivity index (χ3n) is 13.5. The van der Waals surface area contributed by atoms with Gasteiger partial charge in [0, 0.05) is 58.3 Å². The molecule has 452 valence electrons. The Morgan fingerprint density at radius 2 is 1.12 bits per heavy atom. The second-order valence-corrected chi connectivity index (χ2v) is 21.0. The first-order valence-electron chi connectivity index (χ1n) is 28.3. The second-order valence-electron chi connectivity index (χ2n) is 21.0. The zero-order valence-corrected chi connectivity index (χ0v) is 47.6. The van der Waals surface area contributed by atoms with E-state index in [-0.39, 0.29) is 120 Å². The summed E-state index contributed by atoms with van der Waals surface area (Å²) in [6, 6.07) is 16.0. The fourth-order valence-corrected chi connectivity index (χ4v) is 9.21. The van der Waals surface area contributed by atoms with E-state index in [0.717, 1.165) is 0 Å². The van der Waals surface area contributed by atoms with Crippen LogP contribution in [0.5, 0.6) is 5.75 Å². The van der Waals surface area contributed by atoms with Gasteiger partial charge < -0.3 is 75.9 Å². The molecule has 1 saturated heterocycles. The smallest absolute Gasteiger partial charge is 0.245 e. The molecule has 0 unspecified atom stereocenters. The first kappa shape index (κ1) is 66.7. The number of guanidine groups is 2. The summed E-state index contributed by atoms with van der Waals surface area (Å²) in [6.45, 7) is 3.71. The number of nitrogens with zero attached hydrogens (tertiary/aromatic N) is 3. The molecule has 1 heterocycles. The second kappa shape index (κ2) is 35.9. The van der Waals surface area contributed by atoms with E-state index in [1.165, 1.54) is 17.0 Å². The van der Waals surface area contributed by atoms with Crippen LogP contribution in [0.2, 0.25) is 0 Å². The summed E-state index contributed by atoms with van der Waals surface area (Å²) < 4.78 is 0. The number of aliphatic imine (C=N–C) groups is 2. The van der Waals surface area contributed by atoms with Gasteiger partial charge in [0.05, 0.1) is 6.54 Å². The minimum Gasteiger partial charge on any atom is -0.508 e. The van der Waals surface area contributed by atoms with Gasteiger partial charge in [0.1, 0.15) is 42.0 Å². The molecule has 18 N–H and O–H groups in total. The number of aromatic hydroxyl groups is 1. The fraction of sp³-hybridized carbons (Fsp3) is 0.500. The Bertz CT molecular complexity index is 2650. The van der Waals surface area contributed by atoms with Crippen molar-refractivity contribution in [1.29, 1.82) is 0 Å². The van der Waals surface area contributed by atoms with Crippen LogP contribution in [0.15, 0.2) is 94.9 Å². The van der Waals surface area contributed by atoms with Gasteiger partial charge in [0.2, 0.25) is 53.2 Å². The summed E-state index contributed by atoms with van der Waals surface area (Å²) in [6.07, 6.45) is 2.68. The van der Waals surface area contributed by atoms with Crippen molar-refractivity contribution in [2.75, 3.05) is 32.7 Å². The van der Waals surface area contributed by atoms with Crippen LogP contribution in [-0.2, 0) is 62.4 Å². The number of carbonyl (C=O) groups excluding carboxylic acids is 9. The molecular weight excluding hydrogens is 1070 g/mol.